The molecular formula is C13H25N3O. The molecule has 0 unspecified atom stereocenters. The van der Waals surface area contributed by atoms with E-state index in [1.165, 1.54) is 25.7 Å². The molecule has 0 aromatic carbocycles. The van der Waals surface area contributed by atoms with Gasteiger partial charge in [-0.3, -0.25) is 0 Å². The maximum absolute atomic E-state index is 12.0. The second-order valence-electron chi connectivity index (χ2n) is 5.79. The summed E-state index contributed by atoms with van der Waals surface area (Å²) in [5, 5.41) is 6.64. The lowest BCUT2D eigenvalue weighted by Gasteiger charge is -2.46. The predicted molar refractivity (Wildman–Crippen MR) is 69.1 cm³/mol. The average molecular weight is 239 g/mol. The number of urea groups is 1. The van der Waals surface area contributed by atoms with Crippen LogP contribution in [0.4, 0.5) is 4.79 Å². The molecule has 0 radical (unpaired) electrons. The third-order valence-corrected chi connectivity index (χ3v) is 3.86. The number of hydrogen-bond acceptors (Lipinski definition) is 2. The van der Waals surface area contributed by atoms with Crippen LogP contribution in [-0.4, -0.2) is 42.1 Å². The highest BCUT2D eigenvalue weighted by molar-refractivity contribution is 5.74. The van der Waals surface area contributed by atoms with Crippen LogP contribution in [-0.2, 0) is 0 Å². The summed E-state index contributed by atoms with van der Waals surface area (Å²) in [4.78, 5) is 14.0. The first-order chi connectivity index (χ1) is 8.11. The minimum Gasteiger partial charge on any atom is -0.336 e. The lowest BCUT2D eigenvalue weighted by atomic mass is 9.82. The number of nitrogens with zero attached hydrogens (tertiary/aromatic N) is 1. The van der Waals surface area contributed by atoms with Crippen molar-refractivity contribution in [2.75, 3.05) is 19.6 Å². The maximum atomic E-state index is 12.0. The molecule has 2 aliphatic rings. The zero-order valence-electron chi connectivity index (χ0n) is 11.1. The standard InChI is InChI=1S/C13H25N3O/c1-11(2)15-12(17)16-9-5-7-13(10-16)6-3-4-8-14-13/h11,14H,3-10H2,1-2H3,(H,15,17)/t13-/m0/s1. The Balaban J connectivity index is 1.94. The summed E-state index contributed by atoms with van der Waals surface area (Å²) in [5.74, 6) is 0. The molecule has 4 nitrogen and oxygen atoms in total. The summed E-state index contributed by atoms with van der Waals surface area (Å²) >= 11 is 0. The summed E-state index contributed by atoms with van der Waals surface area (Å²) < 4.78 is 0. The number of carbonyl (C=O) groups excluding carboxylic acids is 1. The average Bonchev–Trinajstić information content (AvgIpc) is 2.29. The highest BCUT2D eigenvalue weighted by Gasteiger charge is 2.37. The van der Waals surface area contributed by atoms with Crippen molar-refractivity contribution in [3.05, 3.63) is 0 Å². The first-order valence-corrected chi connectivity index (χ1v) is 6.92. The normalized spacial score (nSPS) is 29.7. The van der Waals surface area contributed by atoms with E-state index in [4.69, 9.17) is 0 Å². The Kier molecular flexibility index (Phi) is 3.92. The van der Waals surface area contributed by atoms with Crippen molar-refractivity contribution in [1.29, 1.82) is 0 Å². The van der Waals surface area contributed by atoms with Gasteiger partial charge in [0.2, 0.25) is 0 Å². The molecule has 2 rings (SSSR count). The number of amides is 2. The fourth-order valence-corrected chi connectivity index (χ4v) is 3.02. The lowest BCUT2D eigenvalue weighted by Crippen LogP contribution is -2.61. The molecule has 2 amide bonds. The van der Waals surface area contributed by atoms with Gasteiger partial charge in [-0.2, -0.15) is 0 Å². The Hall–Kier alpha value is -0.770. The first kappa shape index (κ1) is 12.7. The lowest BCUT2D eigenvalue weighted by molar-refractivity contribution is 0.111. The second-order valence-corrected chi connectivity index (χ2v) is 5.79. The Labute approximate surface area is 104 Å². The van der Waals surface area contributed by atoms with Gasteiger partial charge in [0.1, 0.15) is 0 Å². The zero-order chi connectivity index (χ0) is 12.3. The van der Waals surface area contributed by atoms with E-state index >= 15 is 0 Å². The molecule has 2 heterocycles. The van der Waals surface area contributed by atoms with Gasteiger partial charge in [-0.25, -0.2) is 4.79 Å². The summed E-state index contributed by atoms with van der Waals surface area (Å²) in [6.07, 6.45) is 6.14. The van der Waals surface area contributed by atoms with Crippen LogP contribution in [0.15, 0.2) is 0 Å². The van der Waals surface area contributed by atoms with Crippen molar-refractivity contribution < 1.29 is 4.79 Å². The Bertz CT molecular complexity index is 266. The van der Waals surface area contributed by atoms with Gasteiger partial charge >= 0.3 is 6.03 Å². The van der Waals surface area contributed by atoms with Gasteiger partial charge in [-0.1, -0.05) is 6.42 Å². The van der Waals surface area contributed by atoms with Crippen LogP contribution in [0, 0.1) is 0 Å². The van der Waals surface area contributed by atoms with Crippen LogP contribution in [0.3, 0.4) is 0 Å². The topological polar surface area (TPSA) is 44.4 Å². The van der Waals surface area contributed by atoms with Crippen molar-refractivity contribution in [1.82, 2.24) is 15.5 Å². The molecule has 98 valence electrons. The predicted octanol–water partition coefficient (Wildman–Crippen LogP) is 1.71. The molecule has 2 N–H and O–H groups in total. The largest absolute Gasteiger partial charge is 0.336 e. The summed E-state index contributed by atoms with van der Waals surface area (Å²) in [6, 6.07) is 0.325. The molecule has 17 heavy (non-hydrogen) atoms. The molecule has 0 aromatic heterocycles. The number of likely N-dealkylation sites (tertiary alicyclic amines) is 1. The minimum atomic E-state index is 0.103. The molecule has 1 atom stereocenters. The third-order valence-electron chi connectivity index (χ3n) is 3.86. The maximum Gasteiger partial charge on any atom is 0.317 e. The Morgan fingerprint density at radius 2 is 2.06 bits per heavy atom. The molecule has 1 spiro atoms. The molecule has 4 heteroatoms. The van der Waals surface area contributed by atoms with E-state index in [-0.39, 0.29) is 17.6 Å². The number of nitrogens with one attached hydrogen (secondary N) is 2. The molecule has 0 bridgehead atoms. The first-order valence-electron chi connectivity index (χ1n) is 6.92. The van der Waals surface area contributed by atoms with Crippen LogP contribution in [0.1, 0.15) is 46.0 Å². The number of piperidine rings is 2. The second kappa shape index (κ2) is 5.25. The molecule has 2 saturated heterocycles. The summed E-state index contributed by atoms with van der Waals surface area (Å²) in [7, 11) is 0. The van der Waals surface area contributed by atoms with Crippen molar-refractivity contribution in [2.24, 2.45) is 0 Å². The smallest absolute Gasteiger partial charge is 0.317 e. The van der Waals surface area contributed by atoms with Gasteiger partial charge in [0.05, 0.1) is 0 Å². The fourth-order valence-electron chi connectivity index (χ4n) is 3.02. The van der Waals surface area contributed by atoms with Crippen molar-refractivity contribution in [3.63, 3.8) is 0 Å². The van der Waals surface area contributed by atoms with Gasteiger partial charge in [0.15, 0.2) is 0 Å². The minimum absolute atomic E-state index is 0.103. The molecule has 0 aromatic rings. The number of rotatable bonds is 1. The number of hydrogen-bond donors (Lipinski definition) is 2. The summed E-state index contributed by atoms with van der Waals surface area (Å²) in [6.45, 7) is 6.92. The van der Waals surface area contributed by atoms with Crippen LogP contribution < -0.4 is 10.6 Å². The molecule has 0 saturated carbocycles. The van der Waals surface area contributed by atoms with Crippen LogP contribution >= 0.6 is 0 Å². The number of carbonyl (C=O) groups is 1. The summed E-state index contributed by atoms with van der Waals surface area (Å²) in [5.41, 5.74) is 0.213. The third kappa shape index (κ3) is 3.12. The van der Waals surface area contributed by atoms with Crippen molar-refractivity contribution in [2.45, 2.75) is 57.5 Å². The van der Waals surface area contributed by atoms with Gasteiger partial charge in [0.25, 0.3) is 0 Å². The van der Waals surface area contributed by atoms with Crippen LogP contribution in [0.25, 0.3) is 0 Å². The van der Waals surface area contributed by atoms with Gasteiger partial charge in [-0.15, -0.1) is 0 Å². The van der Waals surface area contributed by atoms with E-state index in [1.54, 1.807) is 0 Å². The SMILES string of the molecule is CC(C)NC(=O)N1CCC[C@@]2(CCCCN2)C1. The van der Waals surface area contributed by atoms with Crippen molar-refractivity contribution in [3.8, 4) is 0 Å². The van der Waals surface area contributed by atoms with E-state index < -0.39 is 0 Å². The van der Waals surface area contributed by atoms with Gasteiger partial charge in [0, 0.05) is 24.7 Å². The highest BCUT2D eigenvalue weighted by atomic mass is 16.2. The van der Waals surface area contributed by atoms with Crippen LogP contribution in [0.2, 0.25) is 0 Å². The van der Waals surface area contributed by atoms with Gasteiger partial charge < -0.3 is 15.5 Å². The van der Waals surface area contributed by atoms with E-state index in [9.17, 15) is 4.79 Å². The zero-order valence-corrected chi connectivity index (χ0v) is 11.1. The Morgan fingerprint density at radius 1 is 1.29 bits per heavy atom. The van der Waals surface area contributed by atoms with E-state index in [0.29, 0.717) is 0 Å². The van der Waals surface area contributed by atoms with Crippen molar-refractivity contribution >= 4 is 6.03 Å². The molecular weight excluding hydrogens is 214 g/mol. The Morgan fingerprint density at radius 3 is 2.71 bits per heavy atom. The van der Waals surface area contributed by atoms with E-state index in [0.717, 1.165) is 26.1 Å². The van der Waals surface area contributed by atoms with E-state index in [1.807, 2.05) is 18.7 Å². The fraction of sp³-hybridized carbons (Fsp3) is 0.923. The monoisotopic (exact) mass is 239 g/mol. The molecule has 2 fully saturated rings. The van der Waals surface area contributed by atoms with E-state index in [2.05, 4.69) is 10.6 Å². The molecule has 2 aliphatic heterocycles. The molecule has 0 aliphatic carbocycles. The van der Waals surface area contributed by atoms with Gasteiger partial charge in [-0.05, 0) is 46.1 Å². The van der Waals surface area contributed by atoms with Crippen LogP contribution in [0.5, 0.6) is 0 Å². The highest BCUT2D eigenvalue weighted by Crippen LogP contribution is 2.29. The quantitative estimate of drug-likeness (QED) is 0.731.